The molecule has 1 heterocycles. The fourth-order valence-corrected chi connectivity index (χ4v) is 6.47. The van der Waals surface area contributed by atoms with Gasteiger partial charge in [-0.2, -0.15) is 0 Å². The van der Waals surface area contributed by atoms with Gasteiger partial charge in [0.05, 0.1) is 16.4 Å². The average Bonchev–Trinajstić information content (AvgIpc) is 3.12. The normalized spacial score (nSPS) is 17.4. The number of para-hydroxylation sites is 1. The Morgan fingerprint density at radius 2 is 1.61 bits per heavy atom. The van der Waals surface area contributed by atoms with Gasteiger partial charge in [-0.15, -0.1) is 0 Å². The minimum atomic E-state index is -3.87. The highest BCUT2D eigenvalue weighted by Crippen LogP contribution is 2.23. The number of amides is 1. The molecule has 8 nitrogen and oxygen atoms in total. The third-order valence-corrected chi connectivity index (χ3v) is 8.36. The van der Waals surface area contributed by atoms with Gasteiger partial charge < -0.3 is 10.1 Å². The summed E-state index contributed by atoms with van der Waals surface area (Å²) in [5.41, 5.74) is 0.793. The number of sulfone groups is 1. The Labute approximate surface area is 192 Å². The first-order valence-corrected chi connectivity index (χ1v) is 13.5. The molecular weight excluding hydrogens is 464 g/mol. The first kappa shape index (κ1) is 23.0. The maximum atomic E-state index is 12.6. The highest BCUT2D eigenvalue weighted by Gasteiger charge is 2.31. The minimum absolute atomic E-state index is 0.0111. The second-order valence-electron chi connectivity index (χ2n) is 7.64. The van der Waals surface area contributed by atoms with E-state index in [-0.39, 0.29) is 28.7 Å². The van der Waals surface area contributed by atoms with E-state index in [1.807, 2.05) is 30.3 Å². The van der Waals surface area contributed by atoms with Gasteiger partial charge in [0.1, 0.15) is 11.5 Å². The molecule has 1 aliphatic rings. The maximum Gasteiger partial charge on any atom is 0.255 e. The molecule has 0 aromatic heterocycles. The predicted octanol–water partition coefficient (Wildman–Crippen LogP) is 3.20. The molecule has 1 fully saturated rings. The fourth-order valence-electron chi connectivity index (χ4n) is 3.42. The van der Waals surface area contributed by atoms with Gasteiger partial charge in [0, 0.05) is 17.3 Å². The standard InChI is InChI=1S/C23H22N2O6S2/c26-23(17-5-4-8-21(15-17)31-20-6-2-1-3-7-20)24-18-9-11-22(12-10-18)33(29,30)25-19-13-14-32(27,28)16-19/h1-12,15,19,25H,13-14,16H2,(H,24,26). The van der Waals surface area contributed by atoms with Gasteiger partial charge >= 0.3 is 0 Å². The average molecular weight is 487 g/mol. The Kier molecular flexibility index (Phi) is 6.50. The molecule has 4 rings (SSSR count). The van der Waals surface area contributed by atoms with E-state index in [9.17, 15) is 21.6 Å². The monoisotopic (exact) mass is 486 g/mol. The van der Waals surface area contributed by atoms with Crippen LogP contribution < -0.4 is 14.8 Å². The van der Waals surface area contributed by atoms with Gasteiger partial charge in [0.2, 0.25) is 10.0 Å². The van der Waals surface area contributed by atoms with Crippen molar-refractivity contribution in [1.29, 1.82) is 0 Å². The van der Waals surface area contributed by atoms with Crippen LogP contribution in [0.5, 0.6) is 11.5 Å². The van der Waals surface area contributed by atoms with Crippen molar-refractivity contribution in [2.24, 2.45) is 0 Å². The number of nitrogens with one attached hydrogen (secondary N) is 2. The quantitative estimate of drug-likeness (QED) is 0.529. The second-order valence-corrected chi connectivity index (χ2v) is 11.6. The van der Waals surface area contributed by atoms with Crippen LogP contribution in [0.4, 0.5) is 5.69 Å². The molecule has 1 atom stereocenters. The van der Waals surface area contributed by atoms with Crippen molar-refractivity contribution < 1.29 is 26.4 Å². The summed E-state index contributed by atoms with van der Waals surface area (Å²) < 4.78 is 56.4. The molecular formula is C23H22N2O6S2. The highest BCUT2D eigenvalue weighted by molar-refractivity contribution is 7.92. The van der Waals surface area contributed by atoms with E-state index in [0.29, 0.717) is 22.7 Å². The Morgan fingerprint density at radius 3 is 2.27 bits per heavy atom. The van der Waals surface area contributed by atoms with Crippen molar-refractivity contribution in [3.05, 3.63) is 84.4 Å². The second kappa shape index (κ2) is 9.34. The molecule has 0 aliphatic carbocycles. The smallest absolute Gasteiger partial charge is 0.255 e. The number of anilines is 1. The van der Waals surface area contributed by atoms with Crippen molar-refractivity contribution in [3.63, 3.8) is 0 Å². The molecule has 0 bridgehead atoms. The lowest BCUT2D eigenvalue weighted by atomic mass is 10.2. The van der Waals surface area contributed by atoms with E-state index < -0.39 is 25.9 Å². The molecule has 0 spiro atoms. The number of carbonyl (C=O) groups is 1. The van der Waals surface area contributed by atoms with Gasteiger partial charge in [-0.3, -0.25) is 4.79 Å². The third-order valence-electron chi connectivity index (χ3n) is 5.05. The summed E-state index contributed by atoms with van der Waals surface area (Å²) in [6.07, 6.45) is 0.253. The molecule has 1 unspecified atom stereocenters. The van der Waals surface area contributed by atoms with Crippen LogP contribution in [0.2, 0.25) is 0 Å². The molecule has 0 saturated carbocycles. The first-order chi connectivity index (χ1) is 15.7. The summed E-state index contributed by atoms with van der Waals surface area (Å²) in [5.74, 6) is 0.556. The zero-order valence-corrected chi connectivity index (χ0v) is 19.1. The number of sulfonamides is 1. The summed E-state index contributed by atoms with van der Waals surface area (Å²) in [6.45, 7) is 0. The minimum Gasteiger partial charge on any atom is -0.457 e. The zero-order valence-electron chi connectivity index (χ0n) is 17.5. The summed E-state index contributed by atoms with van der Waals surface area (Å²) in [7, 11) is -7.07. The van der Waals surface area contributed by atoms with Crippen LogP contribution in [0.1, 0.15) is 16.8 Å². The summed E-state index contributed by atoms with van der Waals surface area (Å²) in [4.78, 5) is 12.6. The van der Waals surface area contributed by atoms with Crippen LogP contribution in [-0.4, -0.2) is 40.3 Å². The van der Waals surface area contributed by atoms with Crippen LogP contribution in [0.3, 0.4) is 0 Å². The first-order valence-electron chi connectivity index (χ1n) is 10.2. The lowest BCUT2D eigenvalue weighted by molar-refractivity contribution is 0.102. The van der Waals surface area contributed by atoms with E-state index in [1.54, 1.807) is 24.3 Å². The SMILES string of the molecule is O=C(Nc1ccc(S(=O)(=O)NC2CCS(=O)(=O)C2)cc1)c1cccc(Oc2ccccc2)c1. The summed E-state index contributed by atoms with van der Waals surface area (Å²) >= 11 is 0. The topological polar surface area (TPSA) is 119 Å². The van der Waals surface area contributed by atoms with Crippen LogP contribution in [0, 0.1) is 0 Å². The Bertz CT molecular complexity index is 1360. The van der Waals surface area contributed by atoms with Crippen molar-refractivity contribution in [1.82, 2.24) is 4.72 Å². The zero-order chi connectivity index (χ0) is 23.5. The van der Waals surface area contributed by atoms with Gasteiger partial charge in [0.25, 0.3) is 5.91 Å². The highest BCUT2D eigenvalue weighted by atomic mass is 32.2. The number of benzene rings is 3. The van der Waals surface area contributed by atoms with E-state index in [0.717, 1.165) is 0 Å². The summed E-state index contributed by atoms with van der Waals surface area (Å²) in [6, 6.07) is 20.9. The molecule has 3 aromatic carbocycles. The molecule has 33 heavy (non-hydrogen) atoms. The van der Waals surface area contributed by atoms with E-state index in [1.165, 1.54) is 24.3 Å². The molecule has 3 aromatic rings. The maximum absolute atomic E-state index is 12.6. The number of rotatable bonds is 7. The molecule has 0 radical (unpaired) electrons. The molecule has 1 amide bonds. The number of carbonyl (C=O) groups excluding carboxylic acids is 1. The van der Waals surface area contributed by atoms with E-state index in [2.05, 4.69) is 10.0 Å². The number of hydrogen-bond donors (Lipinski definition) is 2. The van der Waals surface area contributed by atoms with Gasteiger partial charge in [-0.25, -0.2) is 21.6 Å². The fraction of sp³-hybridized carbons (Fsp3) is 0.174. The molecule has 10 heteroatoms. The lowest BCUT2D eigenvalue weighted by Crippen LogP contribution is -2.35. The molecule has 172 valence electrons. The summed E-state index contributed by atoms with van der Waals surface area (Å²) in [5, 5.41) is 2.72. The predicted molar refractivity (Wildman–Crippen MR) is 125 cm³/mol. The van der Waals surface area contributed by atoms with Gasteiger partial charge in [0.15, 0.2) is 9.84 Å². The number of hydrogen-bond acceptors (Lipinski definition) is 6. The van der Waals surface area contributed by atoms with Gasteiger partial charge in [-0.1, -0.05) is 24.3 Å². The molecule has 1 saturated heterocycles. The Hall–Kier alpha value is -3.21. The Morgan fingerprint density at radius 1 is 0.909 bits per heavy atom. The number of ether oxygens (including phenoxy) is 1. The third kappa shape index (κ3) is 5.98. The van der Waals surface area contributed by atoms with E-state index >= 15 is 0 Å². The molecule has 1 aliphatic heterocycles. The van der Waals surface area contributed by atoms with Crippen LogP contribution in [0.25, 0.3) is 0 Å². The lowest BCUT2D eigenvalue weighted by Gasteiger charge is -2.12. The largest absolute Gasteiger partial charge is 0.457 e. The van der Waals surface area contributed by atoms with E-state index in [4.69, 9.17) is 4.74 Å². The van der Waals surface area contributed by atoms with Crippen molar-refractivity contribution in [2.75, 3.05) is 16.8 Å². The van der Waals surface area contributed by atoms with Gasteiger partial charge in [-0.05, 0) is 61.0 Å². The molecule has 2 N–H and O–H groups in total. The van der Waals surface area contributed by atoms with Crippen LogP contribution >= 0.6 is 0 Å². The van der Waals surface area contributed by atoms with Crippen LogP contribution in [0.15, 0.2) is 83.8 Å². The Balaban J connectivity index is 1.40. The van der Waals surface area contributed by atoms with Crippen molar-refractivity contribution >= 4 is 31.5 Å². The van der Waals surface area contributed by atoms with Crippen LogP contribution in [-0.2, 0) is 19.9 Å². The van der Waals surface area contributed by atoms with Crippen molar-refractivity contribution in [2.45, 2.75) is 17.4 Å². The van der Waals surface area contributed by atoms with Crippen molar-refractivity contribution in [3.8, 4) is 11.5 Å².